The summed E-state index contributed by atoms with van der Waals surface area (Å²) in [6.45, 7) is -0.858. The standard InChI is InChI=1S/C25H23FN2O4.C24H21FN2O4.Na.H2O/c1-30-24(29)13-18-4-2-3-5-23(18)32-15-16-10-19-7-9-31-25(19)20(11-16)17-6-8-28-22(12-17)21(27)14-26;25-13-20(26)21-11-16(5-7-27-21)19-10-15(9-18-6-8-30-24(18)19)14-31-22-4-2-1-3-17(22)12-23(28)29;;/h2-12,21H,13-15,27H2,1H3;1-11,20H,12-14,26H2,(H,28,29);;1H2/q;;+1;/p-1. The molecule has 8 rings (SSSR count). The minimum absolute atomic E-state index is 0. The fourth-order valence-electron chi connectivity index (χ4n) is 6.97. The maximum atomic E-state index is 13.0. The summed E-state index contributed by atoms with van der Waals surface area (Å²) in [7, 11) is 1.36. The number of fused-ring (bicyclic) bond motifs is 2. The molecule has 0 aliphatic carbocycles. The predicted octanol–water partition coefficient (Wildman–Crippen LogP) is 6.26. The van der Waals surface area contributed by atoms with E-state index in [0.29, 0.717) is 39.6 Å². The van der Waals surface area contributed by atoms with Gasteiger partial charge >= 0.3 is 41.5 Å². The SMILES string of the molecule is COC(=O)Cc1ccccc1OCc1cc(-c2ccnc(C(N)CF)c2)c2occc2c1.NC(CF)c1cc(-c2cc(COc3ccccc3CC(=O)O)cc3ccoc23)ccn1.[Na+].[OH-]. The normalized spacial score (nSPS) is 11.6. The second kappa shape index (κ2) is 23.5. The zero-order valence-electron chi connectivity index (χ0n) is 35.7. The van der Waals surface area contributed by atoms with Crippen molar-refractivity contribution in [2.45, 2.75) is 38.1 Å². The molecule has 0 aliphatic rings. The number of halogens is 2. The van der Waals surface area contributed by atoms with Crippen molar-refractivity contribution in [3.05, 3.63) is 168 Å². The molecular formula is C49H45F2N4NaO9. The maximum Gasteiger partial charge on any atom is 1.00 e. The molecule has 65 heavy (non-hydrogen) atoms. The number of carboxylic acid groups (broad SMARTS) is 1. The van der Waals surface area contributed by atoms with Gasteiger partial charge in [0.1, 0.15) is 49.2 Å². The third-order valence-corrected chi connectivity index (χ3v) is 10.1. The third kappa shape index (κ3) is 12.4. The molecule has 13 nitrogen and oxygen atoms in total. The molecule has 8 aromatic rings. The van der Waals surface area contributed by atoms with Gasteiger partial charge in [0.05, 0.1) is 55.9 Å². The molecule has 0 bridgehead atoms. The summed E-state index contributed by atoms with van der Waals surface area (Å²) in [6.07, 6.45) is 6.46. The van der Waals surface area contributed by atoms with Crippen LogP contribution in [0, 0.1) is 0 Å². The molecule has 4 heterocycles. The molecule has 0 spiro atoms. The van der Waals surface area contributed by atoms with Gasteiger partial charge in [0.25, 0.3) is 0 Å². The van der Waals surface area contributed by atoms with Crippen molar-refractivity contribution in [3.8, 4) is 33.8 Å². The van der Waals surface area contributed by atoms with Gasteiger partial charge in [0.2, 0.25) is 0 Å². The number of nitrogens with two attached hydrogens (primary N) is 2. The van der Waals surface area contributed by atoms with Crippen LogP contribution in [-0.4, -0.2) is 52.9 Å². The average molecular weight is 895 g/mol. The zero-order valence-corrected chi connectivity index (χ0v) is 37.7. The molecule has 0 saturated heterocycles. The van der Waals surface area contributed by atoms with Crippen molar-refractivity contribution in [2.24, 2.45) is 11.5 Å². The second-order valence-corrected chi connectivity index (χ2v) is 14.5. The van der Waals surface area contributed by atoms with Crippen molar-refractivity contribution in [2.75, 3.05) is 20.5 Å². The number of aromatic nitrogens is 2. The van der Waals surface area contributed by atoms with Gasteiger partial charge in [0.15, 0.2) is 0 Å². The van der Waals surface area contributed by atoms with E-state index in [-0.39, 0.29) is 67.1 Å². The van der Waals surface area contributed by atoms with Crippen molar-refractivity contribution in [1.82, 2.24) is 9.97 Å². The summed E-state index contributed by atoms with van der Waals surface area (Å²) in [4.78, 5) is 31.2. The molecule has 2 unspecified atom stereocenters. The average Bonchev–Trinajstić information content (AvgIpc) is 4.00. The molecule has 6 N–H and O–H groups in total. The number of methoxy groups -OCH3 is 1. The van der Waals surface area contributed by atoms with Gasteiger partial charge in [-0.2, -0.15) is 0 Å². The monoisotopic (exact) mass is 894 g/mol. The number of para-hydroxylation sites is 2. The molecule has 2 atom stereocenters. The topological polar surface area (TPSA) is 216 Å². The summed E-state index contributed by atoms with van der Waals surface area (Å²) in [5, 5.41) is 10.9. The number of rotatable bonds is 16. The Bertz CT molecular complexity index is 2850. The van der Waals surface area contributed by atoms with Crippen LogP contribution < -0.4 is 50.5 Å². The number of hydrogen-bond acceptors (Lipinski definition) is 12. The Balaban J connectivity index is 0.000000237. The first-order valence-corrected chi connectivity index (χ1v) is 19.9. The van der Waals surface area contributed by atoms with E-state index >= 15 is 0 Å². The molecule has 0 saturated carbocycles. The number of carboxylic acids is 1. The molecular weight excluding hydrogens is 850 g/mol. The van der Waals surface area contributed by atoms with Gasteiger partial charge in [0, 0.05) is 45.4 Å². The number of benzene rings is 4. The zero-order chi connectivity index (χ0) is 44.3. The Morgan fingerprint density at radius 2 is 1.11 bits per heavy atom. The summed E-state index contributed by atoms with van der Waals surface area (Å²) >= 11 is 0. The first-order valence-electron chi connectivity index (χ1n) is 19.9. The van der Waals surface area contributed by atoms with Gasteiger partial charge in [-0.1, -0.05) is 36.4 Å². The number of furan rings is 2. The molecule has 16 heteroatoms. The molecule has 0 fully saturated rings. The van der Waals surface area contributed by atoms with E-state index in [4.69, 9.17) is 39.6 Å². The summed E-state index contributed by atoms with van der Waals surface area (Å²) in [6, 6.07) is 31.6. The van der Waals surface area contributed by atoms with Crippen molar-refractivity contribution < 1.29 is 81.6 Å². The first-order chi connectivity index (χ1) is 30.6. The van der Waals surface area contributed by atoms with E-state index in [1.165, 1.54) is 7.11 Å². The molecule has 0 aliphatic heterocycles. The Hall–Kier alpha value is -6.46. The Labute approximate surface area is 394 Å². The predicted molar refractivity (Wildman–Crippen MR) is 235 cm³/mol. The van der Waals surface area contributed by atoms with Crippen molar-refractivity contribution in [1.29, 1.82) is 0 Å². The van der Waals surface area contributed by atoms with Crippen LogP contribution in [0.3, 0.4) is 0 Å². The molecule has 4 aromatic carbocycles. The molecule has 0 radical (unpaired) electrons. The molecule has 330 valence electrons. The molecule has 4 aromatic heterocycles. The largest absolute Gasteiger partial charge is 1.00 e. The fourth-order valence-corrected chi connectivity index (χ4v) is 6.97. The van der Waals surface area contributed by atoms with Crippen LogP contribution in [0.2, 0.25) is 0 Å². The number of esters is 1. The maximum absolute atomic E-state index is 13.0. The number of ether oxygens (including phenoxy) is 3. The Kier molecular flexibility index (Phi) is 17.9. The smallest absolute Gasteiger partial charge is 0.870 e. The number of carbonyl (C=O) groups excluding carboxylic acids is 1. The summed E-state index contributed by atoms with van der Waals surface area (Å²) in [5.74, 6) is -0.105. The van der Waals surface area contributed by atoms with Crippen molar-refractivity contribution >= 4 is 33.9 Å². The van der Waals surface area contributed by atoms with Crippen LogP contribution in [0.25, 0.3) is 44.2 Å². The first kappa shape index (κ1) is 49.6. The quantitative estimate of drug-likeness (QED) is 0.0723. The number of hydrogen-bond donors (Lipinski definition) is 3. The van der Waals surface area contributed by atoms with Crippen LogP contribution >= 0.6 is 0 Å². The van der Waals surface area contributed by atoms with Crippen LogP contribution in [0.15, 0.2) is 143 Å². The second-order valence-electron chi connectivity index (χ2n) is 14.5. The minimum Gasteiger partial charge on any atom is -0.870 e. The van der Waals surface area contributed by atoms with Gasteiger partial charge in [-0.3, -0.25) is 19.6 Å². The molecule has 0 amide bonds. The summed E-state index contributed by atoms with van der Waals surface area (Å²) in [5.41, 5.74) is 20.4. The van der Waals surface area contributed by atoms with Gasteiger partial charge in [-0.05, 0) is 95.1 Å². The van der Waals surface area contributed by atoms with Gasteiger partial charge < -0.3 is 45.1 Å². The van der Waals surface area contributed by atoms with Gasteiger partial charge in [-0.25, -0.2) is 8.78 Å². The number of carbonyl (C=O) groups is 2. The van der Waals surface area contributed by atoms with E-state index in [1.807, 2.05) is 72.8 Å². The van der Waals surface area contributed by atoms with E-state index < -0.39 is 31.4 Å². The number of alkyl halides is 2. The fraction of sp³-hybridized carbons (Fsp3) is 0.184. The van der Waals surface area contributed by atoms with Crippen LogP contribution in [0.5, 0.6) is 11.5 Å². The number of pyridine rings is 2. The Morgan fingerprint density at radius 3 is 1.54 bits per heavy atom. The minimum atomic E-state index is -0.918. The Morgan fingerprint density at radius 1 is 0.662 bits per heavy atom. The summed E-state index contributed by atoms with van der Waals surface area (Å²) < 4.78 is 54.2. The van der Waals surface area contributed by atoms with E-state index in [2.05, 4.69) is 9.97 Å². The van der Waals surface area contributed by atoms with Crippen LogP contribution in [-0.2, 0) is 40.4 Å². The van der Waals surface area contributed by atoms with E-state index in [1.54, 1.807) is 61.3 Å². The van der Waals surface area contributed by atoms with Crippen LogP contribution in [0.1, 0.15) is 45.7 Å². The van der Waals surface area contributed by atoms with Gasteiger partial charge in [-0.15, -0.1) is 0 Å². The number of aliphatic carboxylic acids is 1. The number of nitrogens with zero attached hydrogens (tertiary/aromatic N) is 2. The van der Waals surface area contributed by atoms with Crippen LogP contribution in [0.4, 0.5) is 8.78 Å². The van der Waals surface area contributed by atoms with Crippen molar-refractivity contribution in [3.63, 3.8) is 0 Å². The third-order valence-electron chi connectivity index (χ3n) is 10.1. The van der Waals surface area contributed by atoms with E-state index in [0.717, 1.165) is 49.7 Å². The van der Waals surface area contributed by atoms with E-state index in [9.17, 15) is 18.4 Å².